The fourth-order valence-electron chi connectivity index (χ4n) is 2.39. The molecular weight excluding hydrogens is 150 g/mol. The van der Waals surface area contributed by atoms with Crippen molar-refractivity contribution in [2.45, 2.75) is 50.7 Å². The van der Waals surface area contributed by atoms with Crippen molar-refractivity contribution in [1.29, 1.82) is 0 Å². The summed E-state index contributed by atoms with van der Waals surface area (Å²) in [6.07, 6.45) is 7.62. The minimum atomic E-state index is -0.0677. The normalized spacial score (nSPS) is 33.2. The first-order valence-corrected chi connectivity index (χ1v) is 5.28. The fraction of sp³-hybridized carbons (Fsp3) is 1.00. The molecule has 2 fully saturated rings. The third-order valence-electron chi connectivity index (χ3n) is 3.38. The lowest BCUT2D eigenvalue weighted by atomic mass is 9.91. The highest BCUT2D eigenvalue weighted by atomic mass is 16.3. The quantitative estimate of drug-likeness (QED) is 0.667. The molecule has 1 saturated heterocycles. The number of aliphatic hydroxyl groups is 1. The van der Waals surface area contributed by atoms with Crippen molar-refractivity contribution in [2.24, 2.45) is 5.92 Å². The van der Waals surface area contributed by atoms with E-state index in [0.717, 1.165) is 18.9 Å². The fourth-order valence-corrected chi connectivity index (χ4v) is 2.39. The van der Waals surface area contributed by atoms with E-state index in [0.29, 0.717) is 6.04 Å². The number of aliphatic hydroxyl groups excluding tert-OH is 1. The van der Waals surface area contributed by atoms with Crippen LogP contribution in [0.15, 0.2) is 0 Å². The lowest BCUT2D eigenvalue weighted by molar-refractivity contribution is 0.0731. The average Bonchev–Trinajstić information content (AvgIpc) is 2.34. The minimum Gasteiger partial charge on any atom is -0.391 e. The summed E-state index contributed by atoms with van der Waals surface area (Å²) in [5, 5.41) is 13.0. The van der Waals surface area contributed by atoms with Crippen LogP contribution >= 0.6 is 0 Å². The van der Waals surface area contributed by atoms with Crippen LogP contribution in [-0.2, 0) is 0 Å². The molecule has 0 aromatic rings. The number of hydrogen-bond acceptors (Lipinski definition) is 2. The van der Waals surface area contributed by atoms with Crippen molar-refractivity contribution < 1.29 is 5.11 Å². The largest absolute Gasteiger partial charge is 0.391 e. The molecule has 2 aliphatic rings. The topological polar surface area (TPSA) is 32.3 Å². The van der Waals surface area contributed by atoms with E-state index in [1.165, 1.54) is 32.1 Å². The summed E-state index contributed by atoms with van der Waals surface area (Å²) in [7, 11) is 0. The van der Waals surface area contributed by atoms with Gasteiger partial charge in [-0.15, -0.1) is 0 Å². The molecule has 12 heavy (non-hydrogen) atoms. The summed E-state index contributed by atoms with van der Waals surface area (Å²) in [5.41, 5.74) is 0. The molecule has 1 aliphatic carbocycles. The zero-order chi connectivity index (χ0) is 8.39. The van der Waals surface area contributed by atoms with E-state index < -0.39 is 0 Å². The van der Waals surface area contributed by atoms with Gasteiger partial charge in [0.15, 0.2) is 0 Å². The Hall–Kier alpha value is -0.0800. The third-order valence-corrected chi connectivity index (χ3v) is 3.38. The molecule has 2 atom stereocenters. The first-order chi connectivity index (χ1) is 5.86. The van der Waals surface area contributed by atoms with Crippen LogP contribution in [0.2, 0.25) is 0 Å². The van der Waals surface area contributed by atoms with Crippen LogP contribution in [0, 0.1) is 5.92 Å². The SMILES string of the molecule is OC(CC1CCCC1)C1CCN1. The Morgan fingerprint density at radius 1 is 1.25 bits per heavy atom. The van der Waals surface area contributed by atoms with Crippen LogP contribution in [0.5, 0.6) is 0 Å². The second-order valence-electron chi connectivity index (χ2n) is 4.30. The van der Waals surface area contributed by atoms with E-state index in [1.54, 1.807) is 0 Å². The molecule has 2 N–H and O–H groups in total. The number of nitrogens with one attached hydrogen (secondary N) is 1. The van der Waals surface area contributed by atoms with Crippen LogP contribution in [0.1, 0.15) is 38.5 Å². The molecule has 1 aliphatic heterocycles. The summed E-state index contributed by atoms with van der Waals surface area (Å²) in [6, 6.07) is 0.422. The standard InChI is InChI=1S/C10H19NO/c12-10(9-5-6-11-9)7-8-3-1-2-4-8/h8-12H,1-7H2. The lowest BCUT2D eigenvalue weighted by Gasteiger charge is -2.33. The molecule has 2 unspecified atom stereocenters. The van der Waals surface area contributed by atoms with Gasteiger partial charge in [-0.3, -0.25) is 0 Å². The Bertz CT molecular complexity index is 139. The van der Waals surface area contributed by atoms with Gasteiger partial charge in [0, 0.05) is 6.04 Å². The first-order valence-electron chi connectivity index (χ1n) is 5.28. The van der Waals surface area contributed by atoms with Crippen molar-refractivity contribution in [1.82, 2.24) is 5.32 Å². The van der Waals surface area contributed by atoms with Crippen LogP contribution in [0.25, 0.3) is 0 Å². The van der Waals surface area contributed by atoms with Crippen LogP contribution in [0.3, 0.4) is 0 Å². The number of hydrogen-bond donors (Lipinski definition) is 2. The van der Waals surface area contributed by atoms with Gasteiger partial charge in [0.2, 0.25) is 0 Å². The maximum atomic E-state index is 9.77. The molecule has 0 bridgehead atoms. The number of rotatable bonds is 3. The molecule has 70 valence electrons. The molecule has 0 aromatic carbocycles. The zero-order valence-electron chi connectivity index (χ0n) is 7.63. The van der Waals surface area contributed by atoms with Crippen molar-refractivity contribution in [3.63, 3.8) is 0 Å². The molecule has 1 heterocycles. The van der Waals surface area contributed by atoms with Crippen LogP contribution < -0.4 is 5.32 Å². The highest BCUT2D eigenvalue weighted by molar-refractivity contribution is 4.86. The van der Waals surface area contributed by atoms with Crippen molar-refractivity contribution in [2.75, 3.05) is 6.54 Å². The van der Waals surface area contributed by atoms with Gasteiger partial charge in [-0.05, 0) is 25.3 Å². The summed E-state index contributed by atoms with van der Waals surface area (Å²) in [5.74, 6) is 0.822. The molecule has 0 radical (unpaired) electrons. The van der Waals surface area contributed by atoms with Gasteiger partial charge in [0.05, 0.1) is 6.10 Å². The van der Waals surface area contributed by atoms with Gasteiger partial charge in [0.1, 0.15) is 0 Å². The predicted molar refractivity (Wildman–Crippen MR) is 49.0 cm³/mol. The van der Waals surface area contributed by atoms with Crippen molar-refractivity contribution >= 4 is 0 Å². The van der Waals surface area contributed by atoms with E-state index in [-0.39, 0.29) is 6.10 Å². The smallest absolute Gasteiger partial charge is 0.0696 e. The van der Waals surface area contributed by atoms with E-state index in [9.17, 15) is 5.11 Å². The Morgan fingerprint density at radius 2 is 1.92 bits per heavy atom. The van der Waals surface area contributed by atoms with Gasteiger partial charge in [-0.2, -0.15) is 0 Å². The Labute approximate surface area is 74.4 Å². The van der Waals surface area contributed by atoms with E-state index in [2.05, 4.69) is 5.32 Å². The second kappa shape index (κ2) is 3.75. The van der Waals surface area contributed by atoms with E-state index in [1.807, 2.05) is 0 Å². The van der Waals surface area contributed by atoms with E-state index in [4.69, 9.17) is 0 Å². The molecule has 0 amide bonds. The van der Waals surface area contributed by atoms with Gasteiger partial charge < -0.3 is 10.4 Å². The third kappa shape index (κ3) is 1.80. The van der Waals surface area contributed by atoms with Gasteiger partial charge >= 0.3 is 0 Å². The molecule has 0 aromatic heterocycles. The average molecular weight is 169 g/mol. The molecule has 2 heteroatoms. The molecule has 2 rings (SSSR count). The maximum absolute atomic E-state index is 9.77. The van der Waals surface area contributed by atoms with Crippen molar-refractivity contribution in [3.05, 3.63) is 0 Å². The summed E-state index contributed by atoms with van der Waals surface area (Å²) >= 11 is 0. The van der Waals surface area contributed by atoms with Gasteiger partial charge in [-0.25, -0.2) is 0 Å². The van der Waals surface area contributed by atoms with Gasteiger partial charge in [-0.1, -0.05) is 25.7 Å². The van der Waals surface area contributed by atoms with E-state index >= 15 is 0 Å². The van der Waals surface area contributed by atoms with Crippen LogP contribution in [0.4, 0.5) is 0 Å². The highest BCUT2D eigenvalue weighted by Gasteiger charge is 2.28. The highest BCUT2D eigenvalue weighted by Crippen LogP contribution is 2.29. The summed E-state index contributed by atoms with van der Waals surface area (Å²) in [6.45, 7) is 1.10. The predicted octanol–water partition coefficient (Wildman–Crippen LogP) is 1.29. The maximum Gasteiger partial charge on any atom is 0.0696 e. The van der Waals surface area contributed by atoms with Gasteiger partial charge in [0.25, 0.3) is 0 Å². The minimum absolute atomic E-state index is 0.0677. The van der Waals surface area contributed by atoms with Crippen molar-refractivity contribution in [3.8, 4) is 0 Å². The Balaban J connectivity index is 1.69. The second-order valence-corrected chi connectivity index (χ2v) is 4.30. The zero-order valence-corrected chi connectivity index (χ0v) is 7.63. The Morgan fingerprint density at radius 3 is 2.42 bits per heavy atom. The van der Waals surface area contributed by atoms with Crippen LogP contribution in [-0.4, -0.2) is 23.8 Å². The molecule has 0 spiro atoms. The monoisotopic (exact) mass is 169 g/mol. The first kappa shape index (κ1) is 8.52. The Kier molecular flexibility index (Phi) is 2.66. The molecular formula is C10H19NO. The lowest BCUT2D eigenvalue weighted by Crippen LogP contribution is -2.51. The molecule has 1 saturated carbocycles. The summed E-state index contributed by atoms with van der Waals surface area (Å²) in [4.78, 5) is 0. The molecule has 2 nitrogen and oxygen atoms in total. The summed E-state index contributed by atoms with van der Waals surface area (Å²) < 4.78 is 0.